The van der Waals surface area contributed by atoms with Gasteiger partial charge < -0.3 is 14.6 Å². The molecule has 1 rings (SSSR count). The summed E-state index contributed by atoms with van der Waals surface area (Å²) in [6.45, 7) is 5.23. The molecule has 0 radical (unpaired) electrons. The highest BCUT2D eigenvalue weighted by Crippen LogP contribution is 2.10. The zero-order chi connectivity index (χ0) is 9.73. The smallest absolute Gasteiger partial charge is 0.152 e. The standard InChI is InChI=1S/C9H17NO3/c1-2-9(12,8-11)7-10-3-5-13-6-4-10/h8,12H,2-7H2,1H3. The Kier molecular flexibility index (Phi) is 3.84. The van der Waals surface area contributed by atoms with Crippen LogP contribution in [0.2, 0.25) is 0 Å². The second-order valence-corrected chi connectivity index (χ2v) is 3.46. The van der Waals surface area contributed by atoms with Crippen LogP contribution in [0, 0.1) is 0 Å². The molecule has 1 atom stereocenters. The number of hydrogen-bond donors (Lipinski definition) is 1. The molecule has 4 nitrogen and oxygen atoms in total. The van der Waals surface area contributed by atoms with Gasteiger partial charge in [-0.15, -0.1) is 0 Å². The lowest BCUT2D eigenvalue weighted by Crippen LogP contribution is -2.48. The predicted octanol–water partition coefficient (Wildman–Crippen LogP) is -0.341. The summed E-state index contributed by atoms with van der Waals surface area (Å²) in [4.78, 5) is 12.7. The van der Waals surface area contributed by atoms with Crippen molar-refractivity contribution < 1.29 is 14.6 Å². The first-order chi connectivity index (χ1) is 6.20. The van der Waals surface area contributed by atoms with Crippen molar-refractivity contribution in [1.29, 1.82) is 0 Å². The van der Waals surface area contributed by atoms with Gasteiger partial charge in [0, 0.05) is 19.6 Å². The van der Waals surface area contributed by atoms with Crippen LogP contribution in [0.5, 0.6) is 0 Å². The maximum atomic E-state index is 10.6. The van der Waals surface area contributed by atoms with Crippen LogP contribution in [0.4, 0.5) is 0 Å². The summed E-state index contributed by atoms with van der Waals surface area (Å²) >= 11 is 0. The van der Waals surface area contributed by atoms with Crippen molar-refractivity contribution in [2.45, 2.75) is 18.9 Å². The first-order valence-corrected chi connectivity index (χ1v) is 4.69. The minimum atomic E-state index is -1.17. The van der Waals surface area contributed by atoms with Crippen LogP contribution in [-0.4, -0.2) is 54.7 Å². The van der Waals surface area contributed by atoms with Gasteiger partial charge in [-0.2, -0.15) is 0 Å². The second kappa shape index (κ2) is 4.69. The van der Waals surface area contributed by atoms with Gasteiger partial charge in [-0.1, -0.05) is 6.92 Å². The van der Waals surface area contributed by atoms with Crippen LogP contribution in [0.25, 0.3) is 0 Å². The fourth-order valence-electron chi connectivity index (χ4n) is 1.38. The first kappa shape index (κ1) is 10.6. The van der Waals surface area contributed by atoms with E-state index in [-0.39, 0.29) is 0 Å². The van der Waals surface area contributed by atoms with Gasteiger partial charge in [0.15, 0.2) is 6.29 Å². The van der Waals surface area contributed by atoms with Gasteiger partial charge in [-0.05, 0) is 6.42 Å². The minimum Gasteiger partial charge on any atom is -0.381 e. The lowest BCUT2D eigenvalue weighted by molar-refractivity contribution is -0.127. The Hall–Kier alpha value is -0.450. The molecular weight excluding hydrogens is 170 g/mol. The molecule has 1 N–H and O–H groups in total. The number of carbonyl (C=O) groups excluding carboxylic acids is 1. The first-order valence-electron chi connectivity index (χ1n) is 4.69. The Balaban J connectivity index is 2.40. The van der Waals surface area contributed by atoms with Crippen LogP contribution < -0.4 is 0 Å². The number of aldehydes is 1. The monoisotopic (exact) mass is 187 g/mol. The van der Waals surface area contributed by atoms with Crippen LogP contribution >= 0.6 is 0 Å². The number of carbonyl (C=O) groups is 1. The molecule has 0 aromatic rings. The highest BCUT2D eigenvalue weighted by molar-refractivity contribution is 5.62. The molecule has 0 aromatic carbocycles. The van der Waals surface area contributed by atoms with Crippen LogP contribution in [0.15, 0.2) is 0 Å². The summed E-state index contributed by atoms with van der Waals surface area (Å²) in [5.41, 5.74) is -1.17. The van der Waals surface area contributed by atoms with Crippen molar-refractivity contribution in [2.24, 2.45) is 0 Å². The van der Waals surface area contributed by atoms with Crippen LogP contribution in [-0.2, 0) is 9.53 Å². The van der Waals surface area contributed by atoms with Crippen LogP contribution in [0.3, 0.4) is 0 Å². The third-order valence-corrected chi connectivity index (χ3v) is 2.43. The summed E-state index contributed by atoms with van der Waals surface area (Å²) in [5.74, 6) is 0. The molecule has 0 amide bonds. The molecule has 0 aliphatic carbocycles. The van der Waals surface area contributed by atoms with Crippen molar-refractivity contribution in [3.63, 3.8) is 0 Å². The Bertz CT molecular complexity index is 168. The van der Waals surface area contributed by atoms with E-state index in [0.717, 1.165) is 13.1 Å². The third kappa shape index (κ3) is 3.06. The summed E-state index contributed by atoms with van der Waals surface area (Å²) in [6, 6.07) is 0. The third-order valence-electron chi connectivity index (χ3n) is 2.43. The summed E-state index contributed by atoms with van der Waals surface area (Å²) in [5, 5.41) is 9.73. The van der Waals surface area contributed by atoms with E-state index in [1.165, 1.54) is 0 Å². The van der Waals surface area contributed by atoms with Gasteiger partial charge in [0.2, 0.25) is 0 Å². The van der Waals surface area contributed by atoms with E-state index in [1.54, 1.807) is 0 Å². The zero-order valence-electron chi connectivity index (χ0n) is 8.03. The van der Waals surface area contributed by atoms with Crippen LogP contribution in [0.1, 0.15) is 13.3 Å². The zero-order valence-corrected chi connectivity index (χ0v) is 8.03. The summed E-state index contributed by atoms with van der Waals surface area (Å²) < 4.78 is 5.17. The Morgan fingerprint density at radius 1 is 1.54 bits per heavy atom. The van der Waals surface area contributed by atoms with E-state index in [4.69, 9.17) is 4.74 Å². The maximum Gasteiger partial charge on any atom is 0.152 e. The van der Waals surface area contributed by atoms with E-state index in [0.29, 0.717) is 32.5 Å². The highest BCUT2D eigenvalue weighted by atomic mass is 16.5. The molecule has 0 bridgehead atoms. The molecule has 4 heteroatoms. The molecule has 1 aliphatic rings. The highest BCUT2D eigenvalue weighted by Gasteiger charge is 2.27. The lowest BCUT2D eigenvalue weighted by atomic mass is 10.0. The number of rotatable bonds is 4. The number of hydrogen-bond acceptors (Lipinski definition) is 4. The number of morpholine rings is 1. The summed E-state index contributed by atoms with van der Waals surface area (Å²) in [6.07, 6.45) is 1.11. The van der Waals surface area contributed by atoms with Crippen molar-refractivity contribution in [2.75, 3.05) is 32.8 Å². The lowest BCUT2D eigenvalue weighted by Gasteiger charge is -2.32. The quantitative estimate of drug-likeness (QED) is 0.612. The normalized spacial score (nSPS) is 23.8. The maximum absolute atomic E-state index is 10.6. The number of aliphatic hydroxyl groups is 1. The Morgan fingerprint density at radius 2 is 2.15 bits per heavy atom. The molecule has 0 spiro atoms. The van der Waals surface area contributed by atoms with Gasteiger partial charge in [0.25, 0.3) is 0 Å². The van der Waals surface area contributed by atoms with Crippen molar-refractivity contribution in [3.05, 3.63) is 0 Å². The molecule has 0 saturated carbocycles. The average Bonchev–Trinajstić information content (AvgIpc) is 2.19. The number of β-amino-alcohol motifs (C(OH)–C–C–N with tert-alkyl or cyclic N) is 1. The van der Waals surface area contributed by atoms with E-state index in [2.05, 4.69) is 4.90 Å². The average molecular weight is 187 g/mol. The molecule has 76 valence electrons. The molecule has 0 aromatic heterocycles. The Morgan fingerprint density at radius 3 is 2.62 bits per heavy atom. The molecule has 1 fully saturated rings. The second-order valence-electron chi connectivity index (χ2n) is 3.46. The number of ether oxygens (including phenoxy) is 1. The molecule has 1 saturated heterocycles. The van der Waals surface area contributed by atoms with Crippen molar-refractivity contribution >= 4 is 6.29 Å². The van der Waals surface area contributed by atoms with E-state index >= 15 is 0 Å². The van der Waals surface area contributed by atoms with E-state index in [9.17, 15) is 9.90 Å². The summed E-state index contributed by atoms with van der Waals surface area (Å²) in [7, 11) is 0. The van der Waals surface area contributed by atoms with Gasteiger partial charge in [0.1, 0.15) is 5.60 Å². The molecule has 1 aliphatic heterocycles. The van der Waals surface area contributed by atoms with Gasteiger partial charge in [-0.3, -0.25) is 4.90 Å². The minimum absolute atomic E-state index is 0.427. The molecule has 1 unspecified atom stereocenters. The van der Waals surface area contributed by atoms with Crippen molar-refractivity contribution in [3.8, 4) is 0 Å². The van der Waals surface area contributed by atoms with Gasteiger partial charge >= 0.3 is 0 Å². The predicted molar refractivity (Wildman–Crippen MR) is 48.6 cm³/mol. The fraction of sp³-hybridized carbons (Fsp3) is 0.889. The molecular formula is C9H17NO3. The molecule has 1 heterocycles. The SMILES string of the molecule is CCC(O)(C=O)CN1CCOCC1. The number of nitrogens with zero attached hydrogens (tertiary/aromatic N) is 1. The topological polar surface area (TPSA) is 49.8 Å². The van der Waals surface area contributed by atoms with Crippen molar-refractivity contribution in [1.82, 2.24) is 4.90 Å². The van der Waals surface area contributed by atoms with Gasteiger partial charge in [-0.25, -0.2) is 0 Å². The van der Waals surface area contributed by atoms with Gasteiger partial charge in [0.05, 0.1) is 13.2 Å². The fourth-order valence-corrected chi connectivity index (χ4v) is 1.38. The van der Waals surface area contributed by atoms with E-state index in [1.807, 2.05) is 6.92 Å². The largest absolute Gasteiger partial charge is 0.381 e. The molecule has 13 heavy (non-hydrogen) atoms. The Labute approximate surface area is 78.5 Å². The van der Waals surface area contributed by atoms with E-state index < -0.39 is 5.60 Å².